The third-order valence-corrected chi connectivity index (χ3v) is 4.64. The lowest BCUT2D eigenvalue weighted by molar-refractivity contribution is -0.862. The first-order valence-electron chi connectivity index (χ1n) is 9.39. The smallest absolute Gasteiger partial charge is 0.279 e. The first-order valence-corrected chi connectivity index (χ1v) is 9.39. The molecule has 1 aliphatic carbocycles. The van der Waals surface area contributed by atoms with Crippen LogP contribution < -0.4 is 15.5 Å². The molecule has 1 aliphatic heterocycles. The minimum Gasteiger partial charge on any atom is -0.378 e. The predicted molar refractivity (Wildman–Crippen MR) is 99.6 cm³/mol. The van der Waals surface area contributed by atoms with Crippen LogP contribution in [0.4, 0.5) is 5.69 Å². The van der Waals surface area contributed by atoms with Crippen LogP contribution in [-0.2, 0) is 14.3 Å². The van der Waals surface area contributed by atoms with Crippen LogP contribution in [0.25, 0.3) is 0 Å². The van der Waals surface area contributed by atoms with E-state index in [0.29, 0.717) is 37.6 Å². The number of carbonyl (C=O) groups is 3. The average Bonchev–Trinajstić information content (AvgIpc) is 3.46. The molecule has 1 aromatic carbocycles. The van der Waals surface area contributed by atoms with Crippen LogP contribution in [0, 0.1) is 0 Å². The number of amides is 3. The lowest BCUT2D eigenvalue weighted by Gasteiger charge is -2.27. The van der Waals surface area contributed by atoms with Gasteiger partial charge in [-0.3, -0.25) is 14.4 Å². The summed E-state index contributed by atoms with van der Waals surface area (Å²) < 4.78 is 5.25. The molecule has 1 saturated carbocycles. The number of ether oxygens (including phenoxy) is 1. The molecule has 3 rings (SSSR count). The third kappa shape index (κ3) is 5.77. The molecule has 1 saturated heterocycles. The van der Waals surface area contributed by atoms with Gasteiger partial charge in [0.05, 0.1) is 31.5 Å². The molecule has 3 amide bonds. The van der Waals surface area contributed by atoms with E-state index in [2.05, 4.69) is 10.6 Å². The number of likely N-dealkylation sites (N-methyl/N-ethyl adjacent to an activating group) is 1. The Hall–Kier alpha value is -2.45. The Labute approximate surface area is 158 Å². The van der Waals surface area contributed by atoms with Crippen LogP contribution >= 0.6 is 0 Å². The summed E-state index contributed by atoms with van der Waals surface area (Å²) in [6.45, 7) is 2.71. The van der Waals surface area contributed by atoms with Gasteiger partial charge >= 0.3 is 0 Å². The van der Waals surface area contributed by atoms with Gasteiger partial charge in [-0.05, 0) is 25.0 Å². The fourth-order valence-electron chi connectivity index (χ4n) is 2.99. The summed E-state index contributed by atoms with van der Waals surface area (Å²) in [4.78, 5) is 39.5. The highest BCUT2D eigenvalue weighted by Crippen LogP contribution is 2.21. The maximum Gasteiger partial charge on any atom is 0.279 e. The molecule has 146 valence electrons. The van der Waals surface area contributed by atoms with Crippen LogP contribution in [0.5, 0.6) is 0 Å². The number of rotatable bonds is 7. The zero-order valence-corrected chi connectivity index (χ0v) is 15.6. The Bertz CT molecular complexity index is 699. The number of para-hydroxylation sites is 1. The molecule has 1 atom stereocenters. The van der Waals surface area contributed by atoms with Gasteiger partial charge in [0.15, 0.2) is 13.1 Å². The van der Waals surface area contributed by atoms with E-state index in [9.17, 15) is 14.4 Å². The predicted octanol–water partition coefficient (Wildman–Crippen LogP) is -1.11. The molecule has 1 unspecified atom stereocenters. The lowest BCUT2D eigenvalue weighted by atomic mass is 10.1. The van der Waals surface area contributed by atoms with Crippen LogP contribution in [0.2, 0.25) is 0 Å². The molecule has 2 fully saturated rings. The summed E-state index contributed by atoms with van der Waals surface area (Å²) in [6.07, 6.45) is 2.01. The Morgan fingerprint density at radius 2 is 1.85 bits per heavy atom. The van der Waals surface area contributed by atoms with Gasteiger partial charge in [0.25, 0.3) is 17.7 Å². The van der Waals surface area contributed by atoms with E-state index >= 15 is 0 Å². The van der Waals surface area contributed by atoms with Crippen molar-refractivity contribution in [3.63, 3.8) is 0 Å². The van der Waals surface area contributed by atoms with Gasteiger partial charge in [-0.15, -0.1) is 0 Å². The number of nitrogens with one attached hydrogen (secondary N) is 3. The number of hydrogen-bond acceptors (Lipinski definition) is 4. The second-order valence-electron chi connectivity index (χ2n) is 7.15. The first-order chi connectivity index (χ1) is 13.0. The number of anilines is 1. The molecule has 8 nitrogen and oxygen atoms in total. The SMILES string of the molecule is C[NH+](CC(=O)Nc1ccccc1C(=O)NC1CC1)CC(=O)N1CCOCC1. The van der Waals surface area contributed by atoms with Gasteiger partial charge in [-0.25, -0.2) is 0 Å². The molecule has 0 aromatic heterocycles. The highest BCUT2D eigenvalue weighted by molar-refractivity contribution is 6.04. The summed E-state index contributed by atoms with van der Waals surface area (Å²) >= 11 is 0. The Morgan fingerprint density at radius 1 is 1.15 bits per heavy atom. The zero-order chi connectivity index (χ0) is 19.2. The standard InChI is InChI=1S/C19H26N4O4/c1-22(13-18(25)23-8-10-27-11-9-23)12-17(24)21-16-5-3-2-4-15(16)19(26)20-14-6-7-14/h2-5,14H,6-13H2,1H3,(H,20,26)(H,21,24)/p+1. The number of hydrogen-bond donors (Lipinski definition) is 3. The molecule has 8 heteroatoms. The monoisotopic (exact) mass is 375 g/mol. The summed E-state index contributed by atoms with van der Waals surface area (Å²) in [7, 11) is 1.81. The van der Waals surface area contributed by atoms with Crippen LogP contribution in [0.15, 0.2) is 24.3 Å². The molecule has 27 heavy (non-hydrogen) atoms. The van der Waals surface area contributed by atoms with Crippen molar-refractivity contribution in [3.05, 3.63) is 29.8 Å². The molecule has 1 heterocycles. The molecular formula is C19H27N4O4+. The average molecular weight is 375 g/mol. The van der Waals surface area contributed by atoms with Gasteiger partial charge in [0.1, 0.15) is 0 Å². The Balaban J connectivity index is 1.51. The number of quaternary nitrogens is 1. The molecular weight excluding hydrogens is 348 g/mol. The van der Waals surface area contributed by atoms with E-state index in [1.54, 1.807) is 29.2 Å². The topological polar surface area (TPSA) is 92.2 Å². The maximum atomic E-state index is 12.4. The summed E-state index contributed by atoms with van der Waals surface area (Å²) in [5.74, 6) is -0.377. The van der Waals surface area contributed by atoms with Crippen molar-refractivity contribution >= 4 is 23.4 Å². The van der Waals surface area contributed by atoms with E-state index in [1.165, 1.54) is 0 Å². The minimum absolute atomic E-state index is 0.0211. The maximum absolute atomic E-state index is 12.4. The van der Waals surface area contributed by atoms with E-state index < -0.39 is 0 Å². The van der Waals surface area contributed by atoms with Crippen molar-refractivity contribution in [2.45, 2.75) is 18.9 Å². The Morgan fingerprint density at radius 3 is 2.56 bits per heavy atom. The van der Waals surface area contributed by atoms with Gasteiger partial charge in [-0.2, -0.15) is 0 Å². The summed E-state index contributed by atoms with van der Waals surface area (Å²) in [5.41, 5.74) is 0.952. The molecule has 0 bridgehead atoms. The normalized spacial score (nSPS) is 17.9. The van der Waals surface area contributed by atoms with E-state index in [4.69, 9.17) is 4.74 Å². The van der Waals surface area contributed by atoms with Gasteiger partial charge in [0, 0.05) is 19.1 Å². The van der Waals surface area contributed by atoms with Crippen LogP contribution in [-0.4, -0.2) is 75.1 Å². The number of morpholine rings is 1. The van der Waals surface area contributed by atoms with Gasteiger partial charge in [-0.1, -0.05) is 12.1 Å². The molecule has 2 aliphatic rings. The third-order valence-electron chi connectivity index (χ3n) is 4.64. The summed E-state index contributed by atoms with van der Waals surface area (Å²) in [6, 6.07) is 7.22. The molecule has 3 N–H and O–H groups in total. The highest BCUT2D eigenvalue weighted by Gasteiger charge is 2.25. The highest BCUT2D eigenvalue weighted by atomic mass is 16.5. The number of nitrogens with zero attached hydrogens (tertiary/aromatic N) is 1. The summed E-state index contributed by atoms with van der Waals surface area (Å²) in [5, 5.41) is 5.73. The van der Waals surface area contributed by atoms with Crippen molar-refractivity contribution in [2.75, 3.05) is 51.8 Å². The number of carbonyl (C=O) groups excluding carboxylic acids is 3. The fraction of sp³-hybridized carbons (Fsp3) is 0.526. The minimum atomic E-state index is -0.228. The fourth-order valence-corrected chi connectivity index (χ4v) is 2.99. The molecule has 0 spiro atoms. The van der Waals surface area contributed by atoms with E-state index in [-0.39, 0.29) is 36.9 Å². The van der Waals surface area contributed by atoms with E-state index in [0.717, 1.165) is 17.7 Å². The first kappa shape index (κ1) is 19.3. The molecule has 1 aromatic rings. The quantitative estimate of drug-likeness (QED) is 0.564. The largest absolute Gasteiger partial charge is 0.378 e. The van der Waals surface area contributed by atoms with Crippen molar-refractivity contribution in [2.24, 2.45) is 0 Å². The van der Waals surface area contributed by atoms with Crippen molar-refractivity contribution < 1.29 is 24.0 Å². The lowest BCUT2D eigenvalue weighted by Crippen LogP contribution is -3.11. The molecule has 0 radical (unpaired) electrons. The van der Waals surface area contributed by atoms with Crippen molar-refractivity contribution in [1.29, 1.82) is 0 Å². The van der Waals surface area contributed by atoms with Crippen LogP contribution in [0.3, 0.4) is 0 Å². The Kier molecular flexibility index (Phi) is 6.41. The second kappa shape index (κ2) is 8.96. The zero-order valence-electron chi connectivity index (χ0n) is 15.6. The van der Waals surface area contributed by atoms with Gasteiger partial charge in [0.2, 0.25) is 0 Å². The second-order valence-corrected chi connectivity index (χ2v) is 7.15. The van der Waals surface area contributed by atoms with Crippen molar-refractivity contribution in [1.82, 2.24) is 10.2 Å². The van der Waals surface area contributed by atoms with Gasteiger partial charge < -0.3 is 25.2 Å². The van der Waals surface area contributed by atoms with E-state index in [1.807, 2.05) is 7.05 Å². The van der Waals surface area contributed by atoms with Crippen molar-refractivity contribution in [3.8, 4) is 0 Å². The number of benzene rings is 1. The van der Waals surface area contributed by atoms with Crippen LogP contribution in [0.1, 0.15) is 23.2 Å².